The van der Waals surface area contributed by atoms with Crippen molar-refractivity contribution in [2.75, 3.05) is 11.1 Å². The molecule has 1 aliphatic rings. The summed E-state index contributed by atoms with van der Waals surface area (Å²) >= 11 is 1.39. The predicted molar refractivity (Wildman–Crippen MR) is 114 cm³/mol. The number of carbonyl (C=O) groups is 1. The Bertz CT molecular complexity index is 1040. The van der Waals surface area contributed by atoms with Crippen LogP contribution in [0.2, 0.25) is 0 Å². The molecule has 3 aromatic rings. The molecule has 0 spiro atoms. The van der Waals surface area contributed by atoms with Crippen LogP contribution in [-0.4, -0.2) is 10.9 Å². The Morgan fingerprint density at radius 3 is 2.85 bits per heavy atom. The molecule has 2 aromatic heterocycles. The van der Waals surface area contributed by atoms with Gasteiger partial charge in [0.1, 0.15) is 9.71 Å². The number of carbonyl (C=O) groups excluding carboxylic acids is 1. The van der Waals surface area contributed by atoms with Gasteiger partial charge in [0.05, 0.1) is 5.69 Å². The maximum atomic E-state index is 12.8. The lowest BCUT2D eigenvalue weighted by Gasteiger charge is -2.22. The van der Waals surface area contributed by atoms with Crippen LogP contribution >= 0.6 is 11.3 Å². The van der Waals surface area contributed by atoms with Crippen LogP contribution in [0.15, 0.2) is 24.3 Å². The van der Waals surface area contributed by atoms with Gasteiger partial charge in [-0.15, -0.1) is 11.3 Å². The van der Waals surface area contributed by atoms with Crippen molar-refractivity contribution in [3.63, 3.8) is 0 Å². The topological polar surface area (TPSA) is 68.0 Å². The highest BCUT2D eigenvalue weighted by molar-refractivity contribution is 7.21. The molecule has 1 aromatic carbocycles. The van der Waals surface area contributed by atoms with Gasteiger partial charge in [0, 0.05) is 16.8 Å². The van der Waals surface area contributed by atoms with Gasteiger partial charge in [-0.25, -0.2) is 4.98 Å². The van der Waals surface area contributed by atoms with E-state index in [1.165, 1.54) is 41.0 Å². The van der Waals surface area contributed by atoms with Gasteiger partial charge in [-0.2, -0.15) is 0 Å². The van der Waals surface area contributed by atoms with Gasteiger partial charge in [-0.05, 0) is 73.9 Å². The zero-order chi connectivity index (χ0) is 19.1. The van der Waals surface area contributed by atoms with E-state index in [1.54, 1.807) is 0 Å². The molecule has 1 atom stereocenters. The molecule has 1 amide bonds. The Morgan fingerprint density at radius 2 is 2.11 bits per heavy atom. The molecule has 1 aliphatic carbocycles. The standard InChI is InChI=1S/C22H25N3OS/c1-4-14-6-8-18-15(10-14)11-17-19(23)20(27-22(17)25-18)21(26)24-16-7-5-12(2)13(3)9-16/h5,7,9,11,14H,4,6,8,10,23H2,1-3H3,(H,24,26)/t14-/m1/s1. The number of nitrogens with one attached hydrogen (secondary N) is 1. The second-order valence-electron chi connectivity index (χ2n) is 7.56. The van der Waals surface area contributed by atoms with Crippen molar-refractivity contribution in [1.29, 1.82) is 0 Å². The molecule has 2 heterocycles. The van der Waals surface area contributed by atoms with Crippen LogP contribution in [-0.2, 0) is 12.8 Å². The molecule has 3 N–H and O–H groups in total. The molecular weight excluding hydrogens is 354 g/mol. The average molecular weight is 380 g/mol. The van der Waals surface area contributed by atoms with E-state index in [2.05, 4.69) is 25.2 Å². The third kappa shape index (κ3) is 3.32. The van der Waals surface area contributed by atoms with E-state index in [0.29, 0.717) is 10.6 Å². The lowest BCUT2D eigenvalue weighted by Crippen LogP contribution is -2.14. The van der Waals surface area contributed by atoms with Crippen LogP contribution < -0.4 is 11.1 Å². The number of pyridine rings is 1. The van der Waals surface area contributed by atoms with Crippen LogP contribution in [0.3, 0.4) is 0 Å². The summed E-state index contributed by atoms with van der Waals surface area (Å²) in [6, 6.07) is 8.08. The van der Waals surface area contributed by atoms with Gasteiger partial charge in [0.25, 0.3) is 5.91 Å². The number of fused-ring (bicyclic) bond motifs is 2. The molecule has 4 rings (SSSR count). The number of hydrogen-bond acceptors (Lipinski definition) is 4. The zero-order valence-electron chi connectivity index (χ0n) is 16.1. The first-order valence-electron chi connectivity index (χ1n) is 9.55. The number of aromatic nitrogens is 1. The summed E-state index contributed by atoms with van der Waals surface area (Å²) in [4.78, 5) is 19.1. The lowest BCUT2D eigenvalue weighted by molar-refractivity contribution is 0.103. The van der Waals surface area contributed by atoms with Crippen LogP contribution in [0, 0.1) is 19.8 Å². The lowest BCUT2D eigenvalue weighted by atomic mass is 9.85. The van der Waals surface area contributed by atoms with Gasteiger partial charge in [0.15, 0.2) is 0 Å². The van der Waals surface area contributed by atoms with E-state index >= 15 is 0 Å². The van der Waals surface area contributed by atoms with Crippen LogP contribution in [0.1, 0.15) is 51.8 Å². The quantitative estimate of drug-likeness (QED) is 0.652. The highest BCUT2D eigenvalue weighted by Gasteiger charge is 2.23. The van der Waals surface area contributed by atoms with Crippen LogP contribution in [0.4, 0.5) is 11.4 Å². The molecule has 0 fully saturated rings. The molecule has 0 saturated carbocycles. The SMILES string of the molecule is CC[C@@H]1CCc2nc3sc(C(=O)Nc4ccc(C)c(C)c4)c(N)c3cc2C1. The Balaban J connectivity index is 1.66. The second-order valence-corrected chi connectivity index (χ2v) is 8.56. The van der Waals surface area contributed by atoms with E-state index in [9.17, 15) is 4.79 Å². The van der Waals surface area contributed by atoms with Crippen molar-refractivity contribution in [1.82, 2.24) is 4.98 Å². The Labute approximate surface area is 163 Å². The predicted octanol–water partition coefficient (Wildman–Crippen LogP) is 5.26. The highest BCUT2D eigenvalue weighted by atomic mass is 32.1. The zero-order valence-corrected chi connectivity index (χ0v) is 16.9. The minimum Gasteiger partial charge on any atom is -0.397 e. The van der Waals surface area contributed by atoms with Gasteiger partial charge < -0.3 is 11.1 Å². The van der Waals surface area contributed by atoms with Gasteiger partial charge in [-0.1, -0.05) is 19.4 Å². The van der Waals surface area contributed by atoms with Crippen molar-refractivity contribution in [2.24, 2.45) is 5.92 Å². The van der Waals surface area contributed by atoms with Gasteiger partial charge >= 0.3 is 0 Å². The van der Waals surface area contributed by atoms with Crippen LogP contribution in [0.25, 0.3) is 10.2 Å². The molecule has 5 heteroatoms. The first-order valence-corrected chi connectivity index (χ1v) is 10.4. The summed E-state index contributed by atoms with van der Waals surface area (Å²) in [6.07, 6.45) is 4.48. The Morgan fingerprint density at radius 1 is 1.30 bits per heavy atom. The maximum Gasteiger partial charge on any atom is 0.267 e. The summed E-state index contributed by atoms with van der Waals surface area (Å²) in [7, 11) is 0. The fourth-order valence-electron chi connectivity index (χ4n) is 3.79. The van der Waals surface area contributed by atoms with Gasteiger partial charge in [0.2, 0.25) is 0 Å². The molecule has 0 bridgehead atoms. The smallest absolute Gasteiger partial charge is 0.267 e. The first kappa shape index (κ1) is 18.0. The molecule has 0 unspecified atom stereocenters. The Kier molecular flexibility index (Phi) is 4.64. The van der Waals surface area contributed by atoms with E-state index in [0.717, 1.165) is 40.2 Å². The third-order valence-electron chi connectivity index (χ3n) is 5.74. The van der Waals surface area contributed by atoms with Crippen molar-refractivity contribution >= 4 is 38.8 Å². The summed E-state index contributed by atoms with van der Waals surface area (Å²) in [5.41, 5.74) is 12.5. The number of nitrogens with zero attached hydrogens (tertiary/aromatic N) is 1. The molecule has 0 saturated heterocycles. The molecule has 0 radical (unpaired) electrons. The number of nitrogens with two attached hydrogens (primary N) is 1. The average Bonchev–Trinajstić information content (AvgIpc) is 2.98. The number of hydrogen-bond donors (Lipinski definition) is 2. The monoisotopic (exact) mass is 379 g/mol. The number of nitrogen functional groups attached to an aromatic ring is 1. The van der Waals surface area contributed by atoms with Crippen LogP contribution in [0.5, 0.6) is 0 Å². The highest BCUT2D eigenvalue weighted by Crippen LogP contribution is 2.37. The van der Waals surface area contributed by atoms with Crippen molar-refractivity contribution in [3.05, 3.63) is 51.5 Å². The largest absolute Gasteiger partial charge is 0.397 e. The normalized spacial score (nSPS) is 16.3. The number of benzene rings is 1. The van der Waals surface area contributed by atoms with E-state index in [1.807, 2.05) is 25.1 Å². The number of rotatable bonds is 3. The minimum atomic E-state index is -0.164. The van der Waals surface area contributed by atoms with Crippen molar-refractivity contribution in [2.45, 2.75) is 46.5 Å². The first-order chi connectivity index (χ1) is 13.0. The summed E-state index contributed by atoms with van der Waals surface area (Å²) in [5, 5.41) is 3.89. The van der Waals surface area contributed by atoms with Crippen molar-refractivity contribution < 1.29 is 4.79 Å². The van der Waals surface area contributed by atoms with Crippen molar-refractivity contribution in [3.8, 4) is 0 Å². The van der Waals surface area contributed by atoms with E-state index in [4.69, 9.17) is 10.7 Å². The van der Waals surface area contributed by atoms with E-state index < -0.39 is 0 Å². The maximum absolute atomic E-state index is 12.8. The molecule has 140 valence electrons. The Hall–Kier alpha value is -2.40. The summed E-state index contributed by atoms with van der Waals surface area (Å²) in [5.74, 6) is 0.562. The van der Waals surface area contributed by atoms with Gasteiger partial charge in [-0.3, -0.25) is 4.79 Å². The molecule has 4 nitrogen and oxygen atoms in total. The number of anilines is 2. The summed E-state index contributed by atoms with van der Waals surface area (Å²) < 4.78 is 0. The fourth-order valence-corrected chi connectivity index (χ4v) is 4.78. The second kappa shape index (κ2) is 6.97. The minimum absolute atomic E-state index is 0.164. The number of aryl methyl sites for hydroxylation is 3. The molecule has 27 heavy (non-hydrogen) atoms. The number of thiophene rings is 1. The number of amides is 1. The summed E-state index contributed by atoms with van der Waals surface area (Å²) in [6.45, 7) is 6.34. The fraction of sp³-hybridized carbons (Fsp3) is 0.364. The third-order valence-corrected chi connectivity index (χ3v) is 6.85. The van der Waals surface area contributed by atoms with E-state index in [-0.39, 0.29) is 5.91 Å². The molecule has 0 aliphatic heterocycles. The molecular formula is C22H25N3OS.